The second-order valence-electron chi connectivity index (χ2n) is 4.16. The molecule has 104 valence electrons. The Bertz CT molecular complexity index is 344. The number of ether oxygens (including phenoxy) is 1. The van der Waals surface area contributed by atoms with Gasteiger partial charge in [0.2, 0.25) is 6.17 Å². The van der Waals surface area contributed by atoms with Crippen molar-refractivity contribution in [3.05, 3.63) is 0 Å². The minimum absolute atomic E-state index is 0.191. The molecule has 1 atom stereocenters. The third-order valence-corrected chi connectivity index (χ3v) is 2.95. The monoisotopic (exact) mass is 269 g/mol. The summed E-state index contributed by atoms with van der Waals surface area (Å²) in [6.07, 6.45) is -2.20. The van der Waals surface area contributed by atoms with E-state index in [0.717, 1.165) is 7.11 Å². The van der Waals surface area contributed by atoms with Crippen LogP contribution in [0.2, 0.25) is 0 Å². The van der Waals surface area contributed by atoms with E-state index in [9.17, 15) is 27.9 Å². The maximum atomic E-state index is 13.5. The number of methoxy groups -OCH3 is 1. The van der Waals surface area contributed by atoms with Crippen LogP contribution in [0.25, 0.3) is 0 Å². The lowest BCUT2D eigenvalue weighted by molar-refractivity contribution is -0.216. The lowest BCUT2D eigenvalue weighted by Gasteiger charge is -2.41. The van der Waals surface area contributed by atoms with Gasteiger partial charge >= 0.3 is 11.9 Å². The van der Waals surface area contributed by atoms with Crippen LogP contribution in [0.5, 0.6) is 0 Å². The first-order valence-electron chi connectivity index (χ1n) is 5.35. The fraction of sp³-hybridized carbons (Fsp3) is 0.800. The molecule has 8 heteroatoms. The standard InChI is InChI=1S/C10H14F3NO4/c1-18-7(15)6(11)5-14-8(16)10(12,13)9(17)3-2-4-9/h6,17H,2-5H2,1H3,(H,14,16)/t6-/m0/s1. The van der Waals surface area contributed by atoms with Crippen LogP contribution in [-0.4, -0.2) is 48.3 Å². The molecule has 18 heavy (non-hydrogen) atoms. The number of nitrogens with one attached hydrogen (secondary N) is 1. The predicted molar refractivity (Wildman–Crippen MR) is 53.7 cm³/mol. The van der Waals surface area contributed by atoms with Gasteiger partial charge in [-0.3, -0.25) is 4.79 Å². The van der Waals surface area contributed by atoms with Crippen molar-refractivity contribution in [1.29, 1.82) is 0 Å². The summed E-state index contributed by atoms with van der Waals surface area (Å²) in [6, 6.07) is 0. The molecule has 0 aromatic heterocycles. The van der Waals surface area contributed by atoms with Crippen LogP contribution in [-0.2, 0) is 14.3 Å². The van der Waals surface area contributed by atoms with Crippen molar-refractivity contribution in [2.24, 2.45) is 0 Å². The molecule has 1 aliphatic carbocycles. The van der Waals surface area contributed by atoms with Crippen LogP contribution >= 0.6 is 0 Å². The van der Waals surface area contributed by atoms with Crippen molar-refractivity contribution in [1.82, 2.24) is 5.32 Å². The zero-order valence-electron chi connectivity index (χ0n) is 9.71. The average Bonchev–Trinajstić information content (AvgIpc) is 2.30. The molecule has 1 amide bonds. The van der Waals surface area contributed by atoms with Crippen LogP contribution in [0.3, 0.4) is 0 Å². The number of halogens is 3. The number of esters is 1. The molecule has 1 rings (SSSR count). The maximum absolute atomic E-state index is 13.5. The molecule has 0 unspecified atom stereocenters. The van der Waals surface area contributed by atoms with Crippen LogP contribution in [0, 0.1) is 0 Å². The first kappa shape index (κ1) is 14.7. The Hall–Kier alpha value is -1.31. The molecule has 2 N–H and O–H groups in total. The summed E-state index contributed by atoms with van der Waals surface area (Å²) in [5, 5.41) is 11.0. The molecule has 0 spiro atoms. The smallest absolute Gasteiger partial charge is 0.352 e. The summed E-state index contributed by atoms with van der Waals surface area (Å²) in [5.41, 5.74) is -2.37. The van der Waals surface area contributed by atoms with E-state index >= 15 is 0 Å². The normalized spacial score (nSPS) is 19.6. The molecular formula is C10H14F3NO4. The highest BCUT2D eigenvalue weighted by Crippen LogP contribution is 2.44. The number of amides is 1. The zero-order chi connectivity index (χ0) is 14.0. The number of aliphatic hydroxyl groups is 1. The number of carbonyl (C=O) groups is 2. The molecule has 0 saturated heterocycles. The van der Waals surface area contributed by atoms with Crippen molar-refractivity contribution in [3.8, 4) is 0 Å². The third kappa shape index (κ3) is 2.58. The van der Waals surface area contributed by atoms with Gasteiger partial charge in [-0.25, -0.2) is 9.18 Å². The molecule has 0 radical (unpaired) electrons. The van der Waals surface area contributed by atoms with Gasteiger partial charge < -0.3 is 15.2 Å². The molecule has 0 aromatic rings. The van der Waals surface area contributed by atoms with E-state index in [1.165, 1.54) is 0 Å². The maximum Gasteiger partial charge on any atom is 0.352 e. The summed E-state index contributed by atoms with van der Waals surface area (Å²) < 4.78 is 43.9. The Labute approximate surface area is 101 Å². The number of carbonyl (C=O) groups excluding carboxylic acids is 2. The number of hydrogen-bond acceptors (Lipinski definition) is 4. The number of alkyl halides is 3. The average molecular weight is 269 g/mol. The van der Waals surface area contributed by atoms with Crippen molar-refractivity contribution < 1.29 is 32.6 Å². The Morgan fingerprint density at radius 1 is 1.50 bits per heavy atom. The highest BCUT2D eigenvalue weighted by atomic mass is 19.3. The lowest BCUT2D eigenvalue weighted by Crippen LogP contribution is -2.61. The minimum Gasteiger partial charge on any atom is -0.467 e. The summed E-state index contributed by atoms with van der Waals surface area (Å²) in [4.78, 5) is 21.8. The van der Waals surface area contributed by atoms with Gasteiger partial charge in [0.1, 0.15) is 5.60 Å². The van der Waals surface area contributed by atoms with Crippen molar-refractivity contribution in [3.63, 3.8) is 0 Å². The lowest BCUT2D eigenvalue weighted by atomic mass is 9.75. The molecule has 5 nitrogen and oxygen atoms in total. The summed E-state index contributed by atoms with van der Waals surface area (Å²) in [5.74, 6) is -7.06. The highest BCUT2D eigenvalue weighted by molar-refractivity contribution is 5.85. The van der Waals surface area contributed by atoms with Gasteiger partial charge in [0.05, 0.1) is 13.7 Å². The Morgan fingerprint density at radius 2 is 2.06 bits per heavy atom. The fourth-order valence-electron chi connectivity index (χ4n) is 1.54. The van der Waals surface area contributed by atoms with E-state index < -0.39 is 36.1 Å². The fourth-order valence-corrected chi connectivity index (χ4v) is 1.54. The van der Waals surface area contributed by atoms with E-state index in [1.807, 2.05) is 0 Å². The SMILES string of the molecule is COC(=O)[C@@H](F)CNC(=O)C(F)(F)C1(O)CCC1. The molecule has 0 aromatic carbocycles. The Morgan fingerprint density at radius 3 is 2.44 bits per heavy atom. The second kappa shape index (κ2) is 5.13. The van der Waals surface area contributed by atoms with E-state index in [-0.39, 0.29) is 12.8 Å². The number of rotatable bonds is 5. The third-order valence-electron chi connectivity index (χ3n) is 2.95. The van der Waals surface area contributed by atoms with Crippen molar-refractivity contribution in [2.75, 3.05) is 13.7 Å². The second-order valence-corrected chi connectivity index (χ2v) is 4.16. The highest BCUT2D eigenvalue weighted by Gasteiger charge is 2.61. The van der Waals surface area contributed by atoms with Crippen molar-refractivity contribution >= 4 is 11.9 Å². The molecule has 0 heterocycles. The topological polar surface area (TPSA) is 75.6 Å². The van der Waals surface area contributed by atoms with Crippen LogP contribution in [0.15, 0.2) is 0 Å². The molecule has 0 aliphatic heterocycles. The summed E-state index contributed by atoms with van der Waals surface area (Å²) in [6.45, 7) is -0.919. The van der Waals surface area contributed by atoms with Crippen LogP contribution in [0.1, 0.15) is 19.3 Å². The Balaban J connectivity index is 2.52. The van der Waals surface area contributed by atoms with Crippen LogP contribution < -0.4 is 5.32 Å². The van der Waals surface area contributed by atoms with Gasteiger partial charge in [0.25, 0.3) is 5.91 Å². The summed E-state index contributed by atoms with van der Waals surface area (Å²) >= 11 is 0. The number of hydrogen-bond donors (Lipinski definition) is 2. The Kier molecular flexibility index (Phi) is 4.20. The molecule has 1 fully saturated rings. The van der Waals surface area contributed by atoms with Gasteiger partial charge in [-0.1, -0.05) is 0 Å². The van der Waals surface area contributed by atoms with Gasteiger partial charge in [0.15, 0.2) is 0 Å². The van der Waals surface area contributed by atoms with Gasteiger partial charge in [0, 0.05) is 0 Å². The van der Waals surface area contributed by atoms with Gasteiger partial charge in [-0.15, -0.1) is 0 Å². The van der Waals surface area contributed by atoms with E-state index in [1.54, 1.807) is 5.32 Å². The molecular weight excluding hydrogens is 255 g/mol. The molecule has 1 saturated carbocycles. The zero-order valence-corrected chi connectivity index (χ0v) is 9.71. The minimum atomic E-state index is -4.00. The molecule has 0 bridgehead atoms. The first-order valence-corrected chi connectivity index (χ1v) is 5.35. The quantitative estimate of drug-likeness (QED) is 0.697. The summed E-state index contributed by atoms with van der Waals surface area (Å²) in [7, 11) is 0.933. The predicted octanol–water partition coefficient (Wildman–Crippen LogP) is 0.164. The van der Waals surface area contributed by atoms with E-state index in [2.05, 4.69) is 4.74 Å². The molecule has 1 aliphatic rings. The van der Waals surface area contributed by atoms with Crippen molar-refractivity contribution in [2.45, 2.75) is 37.0 Å². The first-order chi connectivity index (χ1) is 8.24. The van der Waals surface area contributed by atoms with Gasteiger partial charge in [-0.05, 0) is 19.3 Å². The van der Waals surface area contributed by atoms with Gasteiger partial charge in [-0.2, -0.15) is 8.78 Å². The van der Waals surface area contributed by atoms with E-state index in [4.69, 9.17) is 0 Å². The largest absolute Gasteiger partial charge is 0.467 e. The van der Waals surface area contributed by atoms with Crippen LogP contribution in [0.4, 0.5) is 13.2 Å². The van der Waals surface area contributed by atoms with E-state index in [0.29, 0.717) is 6.42 Å².